The Hall–Kier alpha value is -1.17. The number of anilines is 1. The molecule has 4 nitrogen and oxygen atoms in total. The van der Waals surface area contributed by atoms with Crippen LogP contribution in [-0.4, -0.2) is 42.5 Å². The first kappa shape index (κ1) is 13.3. The Bertz CT molecular complexity index is 451. The number of thiocarbonyl (C=S) groups is 1. The second kappa shape index (κ2) is 5.65. The van der Waals surface area contributed by atoms with Crippen LogP contribution in [0.1, 0.15) is 11.1 Å². The van der Waals surface area contributed by atoms with Crippen LogP contribution in [0.25, 0.3) is 0 Å². The Morgan fingerprint density at radius 3 is 3.00 bits per heavy atom. The number of ether oxygens (including phenoxy) is 1. The van der Waals surface area contributed by atoms with Crippen LogP contribution >= 0.6 is 12.2 Å². The third kappa shape index (κ3) is 2.63. The van der Waals surface area contributed by atoms with E-state index in [4.69, 9.17) is 22.7 Å². The van der Waals surface area contributed by atoms with Crippen LogP contribution in [0.4, 0.5) is 5.69 Å². The topological polar surface area (TPSA) is 58.7 Å². The Labute approximate surface area is 112 Å². The summed E-state index contributed by atoms with van der Waals surface area (Å²) >= 11 is 5.00. The number of morpholine rings is 1. The summed E-state index contributed by atoms with van der Waals surface area (Å²) < 4.78 is 5.37. The Balaban J connectivity index is 2.27. The fourth-order valence-electron chi connectivity index (χ4n) is 2.25. The predicted octanol–water partition coefficient (Wildman–Crippen LogP) is 0.827. The van der Waals surface area contributed by atoms with Crippen molar-refractivity contribution in [1.82, 2.24) is 0 Å². The van der Waals surface area contributed by atoms with Crippen LogP contribution in [0.15, 0.2) is 18.2 Å². The summed E-state index contributed by atoms with van der Waals surface area (Å²) in [4.78, 5) is 2.58. The van der Waals surface area contributed by atoms with Gasteiger partial charge in [-0.2, -0.15) is 0 Å². The molecule has 1 aromatic carbocycles. The minimum atomic E-state index is 0.0221. The van der Waals surface area contributed by atoms with Gasteiger partial charge in [0, 0.05) is 17.8 Å². The highest BCUT2D eigenvalue weighted by atomic mass is 32.1. The van der Waals surface area contributed by atoms with Crippen LogP contribution in [-0.2, 0) is 4.74 Å². The Morgan fingerprint density at radius 1 is 1.61 bits per heavy atom. The molecule has 0 aromatic heterocycles. The summed E-state index contributed by atoms with van der Waals surface area (Å²) in [7, 11) is 0. The molecule has 0 bridgehead atoms. The molecule has 1 unspecified atom stereocenters. The number of benzene rings is 1. The maximum atomic E-state index is 9.37. The molecule has 5 heteroatoms. The number of hydrogen-bond acceptors (Lipinski definition) is 4. The summed E-state index contributed by atoms with van der Waals surface area (Å²) in [6.07, 6.45) is 0. The van der Waals surface area contributed by atoms with Crippen molar-refractivity contribution in [3.05, 3.63) is 29.3 Å². The Kier molecular flexibility index (Phi) is 4.16. The quantitative estimate of drug-likeness (QED) is 0.794. The number of aliphatic hydroxyl groups excluding tert-OH is 1. The molecule has 1 fully saturated rings. The number of nitrogens with two attached hydrogens (primary N) is 1. The van der Waals surface area contributed by atoms with E-state index in [1.807, 2.05) is 19.1 Å². The lowest BCUT2D eigenvalue weighted by Crippen LogP contribution is -2.47. The standard InChI is InChI=1S/C13H18N2O2S/c1-9-6-10(2-3-12(9)13(14)18)15-4-5-17-8-11(15)7-16/h2-3,6,11,16H,4-5,7-8H2,1H3,(H2,14,18). The highest BCUT2D eigenvalue weighted by molar-refractivity contribution is 7.80. The first-order valence-corrected chi connectivity index (χ1v) is 6.40. The molecule has 1 aliphatic rings. The maximum Gasteiger partial charge on any atom is 0.104 e. The zero-order valence-electron chi connectivity index (χ0n) is 10.4. The highest BCUT2D eigenvalue weighted by Crippen LogP contribution is 2.23. The second-order valence-corrected chi connectivity index (χ2v) is 4.91. The highest BCUT2D eigenvalue weighted by Gasteiger charge is 2.22. The molecule has 18 heavy (non-hydrogen) atoms. The zero-order valence-corrected chi connectivity index (χ0v) is 11.2. The molecule has 1 aromatic rings. The molecule has 98 valence electrons. The fraction of sp³-hybridized carbons (Fsp3) is 0.462. The van der Waals surface area contributed by atoms with Gasteiger partial charge in [-0.3, -0.25) is 0 Å². The third-order valence-electron chi connectivity index (χ3n) is 3.25. The van der Waals surface area contributed by atoms with Gasteiger partial charge in [0.05, 0.1) is 25.9 Å². The first-order valence-electron chi connectivity index (χ1n) is 5.99. The predicted molar refractivity (Wildman–Crippen MR) is 76.1 cm³/mol. The molecule has 2 rings (SSSR count). The minimum Gasteiger partial charge on any atom is -0.394 e. The number of aryl methyl sites for hydroxylation is 1. The number of hydrogen-bond donors (Lipinski definition) is 2. The van der Waals surface area contributed by atoms with Crippen molar-refractivity contribution in [2.75, 3.05) is 31.3 Å². The number of rotatable bonds is 3. The van der Waals surface area contributed by atoms with Gasteiger partial charge in [-0.1, -0.05) is 12.2 Å². The van der Waals surface area contributed by atoms with E-state index in [2.05, 4.69) is 11.0 Å². The first-order chi connectivity index (χ1) is 8.63. The molecule has 1 heterocycles. The van der Waals surface area contributed by atoms with Crippen molar-refractivity contribution in [2.24, 2.45) is 5.73 Å². The number of nitrogens with zero attached hydrogens (tertiary/aromatic N) is 1. The van der Waals surface area contributed by atoms with Crippen LogP contribution in [0.5, 0.6) is 0 Å². The van der Waals surface area contributed by atoms with E-state index >= 15 is 0 Å². The van der Waals surface area contributed by atoms with Crippen molar-refractivity contribution < 1.29 is 9.84 Å². The molecule has 1 saturated heterocycles. The average molecular weight is 266 g/mol. The van der Waals surface area contributed by atoms with Crippen LogP contribution in [0.3, 0.4) is 0 Å². The molecule has 0 saturated carbocycles. The van der Waals surface area contributed by atoms with E-state index in [0.717, 1.165) is 23.4 Å². The monoisotopic (exact) mass is 266 g/mol. The Morgan fingerprint density at radius 2 is 2.39 bits per heavy atom. The van der Waals surface area contributed by atoms with E-state index in [1.165, 1.54) is 0 Å². The molecular weight excluding hydrogens is 248 g/mol. The molecule has 1 aliphatic heterocycles. The second-order valence-electron chi connectivity index (χ2n) is 4.47. The van der Waals surface area contributed by atoms with Gasteiger partial charge in [0.2, 0.25) is 0 Å². The molecule has 0 radical (unpaired) electrons. The molecule has 0 aliphatic carbocycles. The summed E-state index contributed by atoms with van der Waals surface area (Å²) in [6, 6.07) is 6.02. The lowest BCUT2D eigenvalue weighted by molar-refractivity contribution is 0.0727. The molecular formula is C13H18N2O2S. The molecule has 3 N–H and O–H groups in total. The van der Waals surface area contributed by atoms with Gasteiger partial charge in [0.25, 0.3) is 0 Å². The largest absolute Gasteiger partial charge is 0.394 e. The van der Waals surface area contributed by atoms with Crippen molar-refractivity contribution in [3.63, 3.8) is 0 Å². The van der Waals surface area contributed by atoms with E-state index in [0.29, 0.717) is 18.2 Å². The van der Waals surface area contributed by atoms with E-state index in [-0.39, 0.29) is 12.6 Å². The third-order valence-corrected chi connectivity index (χ3v) is 3.47. The van der Waals surface area contributed by atoms with Gasteiger partial charge in [-0.05, 0) is 30.7 Å². The minimum absolute atomic E-state index is 0.0221. The molecule has 0 spiro atoms. The molecule has 1 atom stereocenters. The van der Waals surface area contributed by atoms with Crippen molar-refractivity contribution in [2.45, 2.75) is 13.0 Å². The SMILES string of the molecule is Cc1cc(N2CCOCC2CO)ccc1C(N)=S. The lowest BCUT2D eigenvalue weighted by Gasteiger charge is -2.36. The van der Waals surface area contributed by atoms with Gasteiger partial charge in [0.1, 0.15) is 4.99 Å². The lowest BCUT2D eigenvalue weighted by atomic mass is 10.1. The van der Waals surface area contributed by atoms with Crippen molar-refractivity contribution in [1.29, 1.82) is 0 Å². The van der Waals surface area contributed by atoms with Crippen LogP contribution in [0, 0.1) is 6.92 Å². The summed E-state index contributed by atoms with van der Waals surface area (Å²) in [5.41, 5.74) is 8.70. The number of aliphatic hydroxyl groups is 1. The van der Waals surface area contributed by atoms with E-state index < -0.39 is 0 Å². The van der Waals surface area contributed by atoms with Crippen LogP contribution in [0.2, 0.25) is 0 Å². The fourth-order valence-corrected chi connectivity index (χ4v) is 2.48. The summed E-state index contributed by atoms with van der Waals surface area (Å²) in [5.74, 6) is 0. The molecule has 0 amide bonds. The van der Waals surface area contributed by atoms with Crippen molar-refractivity contribution >= 4 is 22.9 Å². The van der Waals surface area contributed by atoms with Gasteiger partial charge in [-0.25, -0.2) is 0 Å². The summed E-state index contributed by atoms with van der Waals surface area (Å²) in [5, 5.41) is 9.37. The van der Waals surface area contributed by atoms with E-state index in [1.54, 1.807) is 0 Å². The van der Waals surface area contributed by atoms with Crippen molar-refractivity contribution in [3.8, 4) is 0 Å². The van der Waals surface area contributed by atoms with Crippen LogP contribution < -0.4 is 10.6 Å². The van der Waals surface area contributed by atoms with Gasteiger partial charge in [0.15, 0.2) is 0 Å². The average Bonchev–Trinajstić information content (AvgIpc) is 2.38. The van der Waals surface area contributed by atoms with Gasteiger partial charge >= 0.3 is 0 Å². The summed E-state index contributed by atoms with van der Waals surface area (Å²) in [6.45, 7) is 4.12. The van der Waals surface area contributed by atoms with Gasteiger partial charge in [-0.15, -0.1) is 0 Å². The van der Waals surface area contributed by atoms with E-state index in [9.17, 15) is 5.11 Å². The smallest absolute Gasteiger partial charge is 0.104 e. The normalized spacial score (nSPS) is 19.9. The zero-order chi connectivity index (χ0) is 13.1. The maximum absolute atomic E-state index is 9.37. The van der Waals surface area contributed by atoms with Gasteiger partial charge < -0.3 is 20.5 Å².